The van der Waals surface area contributed by atoms with Crippen LogP contribution in [0.25, 0.3) is 0 Å². The number of pyridine rings is 1. The minimum atomic E-state index is -4.19. The Balaban J connectivity index is 1.72. The number of hydrogen-bond donors (Lipinski definition) is 3. The van der Waals surface area contributed by atoms with Crippen LogP contribution in [0.3, 0.4) is 0 Å². The highest BCUT2D eigenvalue weighted by Gasteiger charge is 2.41. The molecule has 6 nitrogen and oxygen atoms in total. The van der Waals surface area contributed by atoms with E-state index in [0.717, 1.165) is 0 Å². The fourth-order valence-electron chi connectivity index (χ4n) is 3.83. The van der Waals surface area contributed by atoms with Crippen molar-refractivity contribution < 1.29 is 22.4 Å². The number of nitrogens with one attached hydrogen (secondary N) is 1. The van der Waals surface area contributed by atoms with Crippen LogP contribution in [0.4, 0.5) is 34.9 Å². The third-order valence-corrected chi connectivity index (χ3v) is 5.56. The van der Waals surface area contributed by atoms with Gasteiger partial charge in [-0.05, 0) is 44.6 Å². The molecule has 0 bridgehead atoms. The van der Waals surface area contributed by atoms with Gasteiger partial charge < -0.3 is 21.7 Å². The van der Waals surface area contributed by atoms with E-state index in [-0.39, 0.29) is 48.8 Å². The Morgan fingerprint density at radius 1 is 1.11 bits per heavy atom. The van der Waals surface area contributed by atoms with Gasteiger partial charge in [0.15, 0.2) is 0 Å². The Labute approximate surface area is 160 Å². The zero-order valence-corrected chi connectivity index (χ0v) is 15.4. The fourth-order valence-corrected chi connectivity index (χ4v) is 3.83. The van der Waals surface area contributed by atoms with Crippen LogP contribution < -0.4 is 21.7 Å². The molecule has 1 aliphatic carbocycles. The summed E-state index contributed by atoms with van der Waals surface area (Å²) in [5.41, 5.74) is 12.0. The maximum atomic E-state index is 13.4. The SMILES string of the molecule is Nc1cc(C(=O)NC2CCC(C(F)(F)F)CC2)c(N2CCC(F)CC2)nc1N. The van der Waals surface area contributed by atoms with Crippen LogP contribution in [-0.4, -0.2) is 42.4 Å². The molecule has 1 aliphatic heterocycles. The van der Waals surface area contributed by atoms with Crippen LogP contribution in [-0.2, 0) is 0 Å². The number of nitrogens with two attached hydrogens (primary N) is 2. The molecule has 0 aromatic carbocycles. The summed E-state index contributed by atoms with van der Waals surface area (Å²) < 4.78 is 51.9. The van der Waals surface area contributed by atoms with Crippen molar-refractivity contribution in [1.82, 2.24) is 10.3 Å². The molecule has 0 unspecified atom stereocenters. The van der Waals surface area contributed by atoms with Crippen LogP contribution >= 0.6 is 0 Å². The number of hydrogen-bond acceptors (Lipinski definition) is 5. The van der Waals surface area contributed by atoms with Gasteiger partial charge in [0, 0.05) is 19.1 Å². The summed E-state index contributed by atoms with van der Waals surface area (Å²) in [6, 6.07) is 1.09. The normalized spacial score (nSPS) is 24.2. The first-order valence-electron chi connectivity index (χ1n) is 9.47. The van der Waals surface area contributed by atoms with Gasteiger partial charge in [0.1, 0.15) is 17.8 Å². The van der Waals surface area contributed by atoms with E-state index in [9.17, 15) is 22.4 Å². The minimum Gasteiger partial charge on any atom is -0.396 e. The number of anilines is 3. The van der Waals surface area contributed by atoms with Crippen molar-refractivity contribution in [3.8, 4) is 0 Å². The van der Waals surface area contributed by atoms with Crippen molar-refractivity contribution in [1.29, 1.82) is 0 Å². The lowest BCUT2D eigenvalue weighted by Crippen LogP contribution is -2.41. The average molecular weight is 403 g/mol. The summed E-state index contributed by atoms with van der Waals surface area (Å²) in [6.45, 7) is 0.795. The van der Waals surface area contributed by atoms with Crippen LogP contribution in [0.5, 0.6) is 0 Å². The monoisotopic (exact) mass is 403 g/mol. The zero-order chi connectivity index (χ0) is 20.5. The lowest BCUT2D eigenvalue weighted by atomic mass is 9.85. The van der Waals surface area contributed by atoms with Crippen molar-refractivity contribution in [2.45, 2.75) is 56.9 Å². The number of nitrogens with zero attached hydrogens (tertiary/aromatic N) is 2. The van der Waals surface area contributed by atoms with Crippen molar-refractivity contribution in [2.75, 3.05) is 29.5 Å². The van der Waals surface area contributed by atoms with E-state index in [2.05, 4.69) is 10.3 Å². The number of rotatable bonds is 3. The largest absolute Gasteiger partial charge is 0.396 e. The van der Waals surface area contributed by atoms with E-state index < -0.39 is 24.2 Å². The van der Waals surface area contributed by atoms with E-state index in [1.807, 2.05) is 0 Å². The Kier molecular flexibility index (Phi) is 5.85. The third-order valence-electron chi connectivity index (χ3n) is 5.56. The van der Waals surface area contributed by atoms with Crippen LogP contribution in [0, 0.1) is 5.92 Å². The van der Waals surface area contributed by atoms with Gasteiger partial charge in [0.05, 0.1) is 17.2 Å². The van der Waals surface area contributed by atoms with Gasteiger partial charge >= 0.3 is 6.18 Å². The quantitative estimate of drug-likeness (QED) is 0.674. The van der Waals surface area contributed by atoms with Gasteiger partial charge in [0.2, 0.25) is 0 Å². The van der Waals surface area contributed by atoms with E-state index in [1.54, 1.807) is 4.90 Å². The summed E-state index contributed by atoms with van der Waals surface area (Å²) in [5.74, 6) is -1.35. The number of halogens is 4. The second-order valence-corrected chi connectivity index (χ2v) is 7.56. The van der Waals surface area contributed by atoms with Crippen molar-refractivity contribution in [2.24, 2.45) is 5.92 Å². The van der Waals surface area contributed by atoms with Gasteiger partial charge in [-0.3, -0.25) is 4.79 Å². The smallest absolute Gasteiger partial charge is 0.391 e. The summed E-state index contributed by atoms with van der Waals surface area (Å²) in [4.78, 5) is 18.8. The molecule has 0 spiro atoms. The van der Waals surface area contributed by atoms with E-state index >= 15 is 0 Å². The molecule has 10 heteroatoms. The predicted molar refractivity (Wildman–Crippen MR) is 98.7 cm³/mol. The molecule has 0 radical (unpaired) electrons. The van der Waals surface area contributed by atoms with Gasteiger partial charge in [-0.1, -0.05) is 0 Å². The van der Waals surface area contributed by atoms with E-state index in [0.29, 0.717) is 31.7 Å². The maximum Gasteiger partial charge on any atom is 0.391 e. The van der Waals surface area contributed by atoms with Gasteiger partial charge in [0.25, 0.3) is 5.91 Å². The molecule has 1 aromatic rings. The molecule has 5 N–H and O–H groups in total. The number of alkyl halides is 4. The topological polar surface area (TPSA) is 97.3 Å². The minimum absolute atomic E-state index is 0.00650. The van der Waals surface area contributed by atoms with Gasteiger partial charge in [-0.25, -0.2) is 9.37 Å². The third kappa shape index (κ3) is 4.59. The van der Waals surface area contributed by atoms with Crippen LogP contribution in [0.1, 0.15) is 48.9 Å². The Hall–Kier alpha value is -2.26. The molecule has 28 heavy (non-hydrogen) atoms. The molecule has 1 aromatic heterocycles. The highest BCUT2D eigenvalue weighted by atomic mass is 19.4. The standard InChI is InChI=1S/C18H25F4N5O/c19-11-5-7-27(8-6-11)16-13(9-14(23)15(24)26-16)17(28)25-12-3-1-10(2-4-12)18(20,21)22/h9-12H,1-8,23H2,(H2,24,26)(H,25,28). The fraction of sp³-hybridized carbons (Fsp3) is 0.667. The average Bonchev–Trinajstić information content (AvgIpc) is 2.64. The molecule has 2 aliphatic rings. The second kappa shape index (κ2) is 8.00. The Bertz CT molecular complexity index is 711. The summed E-state index contributed by atoms with van der Waals surface area (Å²) in [6.07, 6.45) is -3.92. The molecule has 1 amide bonds. The summed E-state index contributed by atoms with van der Waals surface area (Å²) in [5, 5.41) is 2.80. The molecule has 156 valence electrons. The lowest BCUT2D eigenvalue weighted by Gasteiger charge is -2.32. The number of aromatic nitrogens is 1. The van der Waals surface area contributed by atoms with Gasteiger partial charge in [-0.15, -0.1) is 0 Å². The molecule has 1 saturated carbocycles. The van der Waals surface area contributed by atoms with Crippen molar-refractivity contribution in [3.63, 3.8) is 0 Å². The van der Waals surface area contributed by atoms with E-state index in [4.69, 9.17) is 11.5 Å². The second-order valence-electron chi connectivity index (χ2n) is 7.56. The van der Waals surface area contributed by atoms with E-state index in [1.165, 1.54) is 6.07 Å². The van der Waals surface area contributed by atoms with Crippen molar-refractivity contribution in [3.05, 3.63) is 11.6 Å². The molecule has 2 fully saturated rings. The molecule has 0 atom stereocenters. The summed E-state index contributed by atoms with van der Waals surface area (Å²) in [7, 11) is 0. The van der Waals surface area contributed by atoms with Crippen molar-refractivity contribution >= 4 is 23.2 Å². The first-order chi connectivity index (χ1) is 13.1. The van der Waals surface area contributed by atoms with Gasteiger partial charge in [-0.2, -0.15) is 13.2 Å². The number of nitrogen functional groups attached to an aromatic ring is 2. The highest BCUT2D eigenvalue weighted by molar-refractivity contribution is 6.00. The zero-order valence-electron chi connectivity index (χ0n) is 15.4. The number of carbonyl (C=O) groups excluding carboxylic acids is 1. The molecular weight excluding hydrogens is 378 g/mol. The molecule has 2 heterocycles. The summed E-state index contributed by atoms with van der Waals surface area (Å²) >= 11 is 0. The number of piperidine rings is 1. The number of carbonyl (C=O) groups is 1. The lowest BCUT2D eigenvalue weighted by molar-refractivity contribution is -0.182. The first-order valence-corrected chi connectivity index (χ1v) is 9.47. The molecule has 3 rings (SSSR count). The van der Waals surface area contributed by atoms with Crippen LogP contribution in [0.15, 0.2) is 6.07 Å². The molecule has 1 saturated heterocycles. The number of amides is 1. The maximum absolute atomic E-state index is 13.4. The first kappa shape index (κ1) is 20.5. The highest BCUT2D eigenvalue weighted by Crippen LogP contribution is 2.37. The molecular formula is C18H25F4N5O. The van der Waals surface area contributed by atoms with Crippen LogP contribution in [0.2, 0.25) is 0 Å². The Morgan fingerprint density at radius 2 is 1.71 bits per heavy atom. The Morgan fingerprint density at radius 3 is 2.29 bits per heavy atom. The predicted octanol–water partition coefficient (Wildman–Crippen LogP) is 3.04.